The van der Waals surface area contributed by atoms with Crippen molar-refractivity contribution in [2.75, 3.05) is 19.5 Å². The number of carbonyl (C=O) groups is 2. The highest BCUT2D eigenvalue weighted by atomic mass is 19.4. The number of rotatable bonds is 4. The van der Waals surface area contributed by atoms with Crippen LogP contribution in [0.3, 0.4) is 0 Å². The van der Waals surface area contributed by atoms with Crippen LogP contribution >= 0.6 is 0 Å². The van der Waals surface area contributed by atoms with Crippen molar-refractivity contribution in [2.24, 2.45) is 0 Å². The first-order valence-corrected chi connectivity index (χ1v) is 7.74. The van der Waals surface area contributed by atoms with E-state index in [1.165, 1.54) is 26.4 Å². The molecule has 1 aliphatic rings. The van der Waals surface area contributed by atoms with E-state index in [0.29, 0.717) is 5.75 Å². The predicted molar refractivity (Wildman–Crippen MR) is 87.9 cm³/mol. The molecule has 2 heterocycles. The molecule has 0 radical (unpaired) electrons. The maximum atomic E-state index is 13.6. The standard InChI is InChI=1S/C17H15F3N2O5/c1-26-8-3-4-12(27-2)11(5-8)22-7-9(16(24)25)14-15(22)10(17(18,19)20)6-13(23)21-14/h3-5,7,10H,6H2,1-2H3,(H,21,23)(H,24,25)/t10-/m1/s1. The van der Waals surface area contributed by atoms with Crippen molar-refractivity contribution in [2.45, 2.75) is 18.5 Å². The highest BCUT2D eigenvalue weighted by Gasteiger charge is 2.48. The summed E-state index contributed by atoms with van der Waals surface area (Å²) in [5.74, 6) is -3.97. The van der Waals surface area contributed by atoms with Crippen LogP contribution in [0.1, 0.15) is 28.4 Å². The molecule has 0 bridgehead atoms. The molecule has 0 spiro atoms. The third kappa shape index (κ3) is 3.18. The minimum atomic E-state index is -4.75. The van der Waals surface area contributed by atoms with Crippen molar-refractivity contribution in [3.8, 4) is 17.2 Å². The number of amides is 1. The van der Waals surface area contributed by atoms with Gasteiger partial charge in [0.25, 0.3) is 0 Å². The lowest BCUT2D eigenvalue weighted by Crippen LogP contribution is -2.33. The first kappa shape index (κ1) is 18.6. The number of fused-ring (bicyclic) bond motifs is 1. The summed E-state index contributed by atoms with van der Waals surface area (Å²) in [4.78, 5) is 23.3. The number of carboxylic acids is 1. The minimum Gasteiger partial charge on any atom is -0.497 e. The lowest BCUT2D eigenvalue weighted by atomic mass is 9.94. The van der Waals surface area contributed by atoms with Gasteiger partial charge in [-0.3, -0.25) is 4.79 Å². The van der Waals surface area contributed by atoms with E-state index in [9.17, 15) is 27.9 Å². The summed E-state index contributed by atoms with van der Waals surface area (Å²) in [6.45, 7) is 0. The van der Waals surface area contributed by atoms with E-state index >= 15 is 0 Å². The van der Waals surface area contributed by atoms with Gasteiger partial charge in [0.1, 0.15) is 23.0 Å². The summed E-state index contributed by atoms with van der Waals surface area (Å²) >= 11 is 0. The van der Waals surface area contributed by atoms with Crippen LogP contribution in [-0.2, 0) is 4.79 Å². The van der Waals surface area contributed by atoms with Gasteiger partial charge in [0.2, 0.25) is 5.91 Å². The van der Waals surface area contributed by atoms with Crippen molar-refractivity contribution < 1.29 is 37.3 Å². The minimum absolute atomic E-state index is 0.158. The molecule has 1 atom stereocenters. The van der Waals surface area contributed by atoms with Crippen LogP contribution in [0.4, 0.5) is 18.9 Å². The normalized spacial score (nSPS) is 16.5. The van der Waals surface area contributed by atoms with E-state index in [2.05, 4.69) is 5.32 Å². The molecule has 0 aliphatic carbocycles. The zero-order chi connectivity index (χ0) is 19.9. The maximum Gasteiger partial charge on any atom is 0.397 e. The number of methoxy groups -OCH3 is 2. The third-order valence-corrected chi connectivity index (χ3v) is 4.30. The number of hydrogen-bond donors (Lipinski definition) is 2. The number of alkyl halides is 3. The van der Waals surface area contributed by atoms with Crippen LogP contribution < -0.4 is 14.8 Å². The summed E-state index contributed by atoms with van der Waals surface area (Å²) in [6.07, 6.45) is -4.55. The Balaban J connectivity index is 2.34. The van der Waals surface area contributed by atoms with Crippen molar-refractivity contribution in [1.82, 2.24) is 4.57 Å². The van der Waals surface area contributed by atoms with Gasteiger partial charge in [0.15, 0.2) is 0 Å². The molecular weight excluding hydrogens is 369 g/mol. The number of anilines is 1. The fourth-order valence-electron chi connectivity index (χ4n) is 3.08. The monoisotopic (exact) mass is 384 g/mol. The Morgan fingerprint density at radius 1 is 1.30 bits per heavy atom. The van der Waals surface area contributed by atoms with E-state index < -0.39 is 36.0 Å². The summed E-state index contributed by atoms with van der Waals surface area (Å²) < 4.78 is 52.3. The van der Waals surface area contributed by atoms with Crippen molar-refractivity contribution >= 4 is 17.6 Å². The molecule has 1 aromatic carbocycles. The fraction of sp³-hybridized carbons (Fsp3) is 0.294. The van der Waals surface area contributed by atoms with Crippen LogP contribution in [0.25, 0.3) is 5.69 Å². The average molecular weight is 384 g/mol. The summed E-state index contributed by atoms with van der Waals surface area (Å²) in [5.41, 5.74) is -1.03. The maximum absolute atomic E-state index is 13.6. The summed E-state index contributed by atoms with van der Waals surface area (Å²) in [7, 11) is 2.72. The Morgan fingerprint density at radius 3 is 2.56 bits per heavy atom. The van der Waals surface area contributed by atoms with E-state index in [0.717, 1.165) is 10.8 Å². The Hall–Kier alpha value is -3.17. The topological polar surface area (TPSA) is 89.8 Å². The lowest BCUT2D eigenvalue weighted by Gasteiger charge is -2.27. The van der Waals surface area contributed by atoms with Crippen LogP contribution in [0.5, 0.6) is 11.5 Å². The van der Waals surface area contributed by atoms with Crippen molar-refractivity contribution in [1.29, 1.82) is 0 Å². The first-order valence-electron chi connectivity index (χ1n) is 7.74. The average Bonchev–Trinajstić information content (AvgIpc) is 2.98. The Kier molecular flexibility index (Phi) is 4.50. The number of carbonyl (C=O) groups excluding carboxylic acids is 1. The fourth-order valence-corrected chi connectivity index (χ4v) is 3.08. The molecule has 2 aromatic rings. The number of nitrogens with zero attached hydrogens (tertiary/aromatic N) is 1. The van der Waals surface area contributed by atoms with Gasteiger partial charge in [0.05, 0.1) is 31.3 Å². The van der Waals surface area contributed by atoms with Crippen molar-refractivity contribution in [3.05, 3.63) is 35.7 Å². The van der Waals surface area contributed by atoms with Gasteiger partial charge in [-0.2, -0.15) is 13.2 Å². The van der Waals surface area contributed by atoms with Gasteiger partial charge >= 0.3 is 12.1 Å². The van der Waals surface area contributed by atoms with Crippen molar-refractivity contribution in [3.63, 3.8) is 0 Å². The number of hydrogen-bond acceptors (Lipinski definition) is 4. The molecule has 144 valence electrons. The quantitative estimate of drug-likeness (QED) is 0.845. The van der Waals surface area contributed by atoms with Gasteiger partial charge in [-0.15, -0.1) is 0 Å². The number of aromatic nitrogens is 1. The van der Waals surface area contributed by atoms with Gasteiger partial charge in [0, 0.05) is 18.7 Å². The SMILES string of the molecule is COc1ccc(OC)c(-n2cc(C(=O)O)c3c2[C@H](C(F)(F)F)CC(=O)N3)c1. The number of ether oxygens (including phenoxy) is 2. The second-order valence-corrected chi connectivity index (χ2v) is 5.86. The van der Waals surface area contributed by atoms with E-state index in [-0.39, 0.29) is 22.8 Å². The van der Waals surface area contributed by atoms with Gasteiger partial charge < -0.3 is 24.5 Å². The molecule has 1 amide bonds. The molecule has 1 aromatic heterocycles. The third-order valence-electron chi connectivity index (χ3n) is 4.30. The lowest BCUT2D eigenvalue weighted by molar-refractivity contribution is -0.157. The molecular formula is C17H15F3N2O5. The number of nitrogens with one attached hydrogen (secondary N) is 1. The largest absolute Gasteiger partial charge is 0.497 e. The van der Waals surface area contributed by atoms with Crippen LogP contribution in [0.15, 0.2) is 24.4 Å². The van der Waals surface area contributed by atoms with Crippen LogP contribution in [0, 0.1) is 0 Å². The number of halogens is 3. The smallest absolute Gasteiger partial charge is 0.397 e. The second-order valence-electron chi connectivity index (χ2n) is 5.86. The van der Waals surface area contributed by atoms with Gasteiger partial charge in [-0.05, 0) is 12.1 Å². The summed E-state index contributed by atoms with van der Waals surface area (Å²) in [6, 6.07) is 4.47. The predicted octanol–water partition coefficient (Wildman–Crippen LogP) is 3.18. The Morgan fingerprint density at radius 2 is 2.00 bits per heavy atom. The molecule has 0 saturated carbocycles. The summed E-state index contributed by atoms with van der Waals surface area (Å²) in [5, 5.41) is 11.7. The van der Waals surface area contributed by atoms with Gasteiger partial charge in [-0.25, -0.2) is 4.79 Å². The Labute approximate surface area is 151 Å². The number of aromatic carboxylic acids is 1. The van der Waals surface area contributed by atoms with Gasteiger partial charge in [-0.1, -0.05) is 0 Å². The van der Waals surface area contributed by atoms with E-state index in [1.54, 1.807) is 6.07 Å². The number of benzene rings is 1. The molecule has 0 fully saturated rings. The highest BCUT2D eigenvalue weighted by molar-refractivity contribution is 6.04. The van der Waals surface area contributed by atoms with E-state index in [1.807, 2.05) is 0 Å². The molecule has 0 saturated heterocycles. The first-order chi connectivity index (χ1) is 12.7. The van der Waals surface area contributed by atoms with E-state index in [4.69, 9.17) is 9.47 Å². The second kappa shape index (κ2) is 6.53. The highest BCUT2D eigenvalue weighted by Crippen LogP contribution is 2.47. The molecule has 7 nitrogen and oxygen atoms in total. The molecule has 27 heavy (non-hydrogen) atoms. The molecule has 3 rings (SSSR count). The molecule has 0 unspecified atom stereocenters. The molecule has 2 N–H and O–H groups in total. The van der Waals surface area contributed by atoms with Crippen LogP contribution in [0.2, 0.25) is 0 Å². The molecule has 10 heteroatoms. The molecule has 1 aliphatic heterocycles. The zero-order valence-electron chi connectivity index (χ0n) is 14.3. The van der Waals surface area contributed by atoms with Crippen LogP contribution in [-0.4, -0.2) is 41.9 Å². The Bertz CT molecular complexity index is 920. The number of carboxylic acid groups (broad SMARTS) is 1. The zero-order valence-corrected chi connectivity index (χ0v) is 14.3.